The standard InChI is InChI=1S/C19H24N2O3/c22-19(15-6-1-2-7-15)21-12-17(18-16(21)8-4-10-23-18)24-13-14-5-3-9-20-11-14/h1-3,5,9,11,15-18H,4,6-8,10,12-13H2/t16-,17+,18+/m1/s1. The van der Waals surface area contributed by atoms with E-state index in [4.69, 9.17) is 9.47 Å². The fourth-order valence-electron chi connectivity index (χ4n) is 4.05. The second kappa shape index (κ2) is 7.03. The molecule has 0 aromatic carbocycles. The van der Waals surface area contributed by atoms with E-state index in [-0.39, 0.29) is 30.1 Å². The molecule has 0 saturated carbocycles. The van der Waals surface area contributed by atoms with Crippen LogP contribution in [0.1, 0.15) is 31.2 Å². The van der Waals surface area contributed by atoms with Crippen LogP contribution in [-0.4, -0.2) is 47.2 Å². The van der Waals surface area contributed by atoms with Crippen LogP contribution in [0, 0.1) is 5.92 Å². The Balaban J connectivity index is 1.43. The predicted molar refractivity (Wildman–Crippen MR) is 89.2 cm³/mol. The summed E-state index contributed by atoms with van der Waals surface area (Å²) in [4.78, 5) is 19.0. The van der Waals surface area contributed by atoms with Gasteiger partial charge in [0.25, 0.3) is 0 Å². The number of ether oxygens (including phenoxy) is 2. The van der Waals surface area contributed by atoms with Gasteiger partial charge < -0.3 is 14.4 Å². The Morgan fingerprint density at radius 3 is 3.04 bits per heavy atom. The molecule has 3 aliphatic rings. The zero-order chi connectivity index (χ0) is 16.4. The number of carbonyl (C=O) groups is 1. The normalized spacial score (nSPS) is 29.8. The molecule has 24 heavy (non-hydrogen) atoms. The summed E-state index contributed by atoms with van der Waals surface area (Å²) in [6, 6.07) is 4.09. The van der Waals surface area contributed by atoms with Crippen molar-refractivity contribution < 1.29 is 14.3 Å². The van der Waals surface area contributed by atoms with E-state index in [2.05, 4.69) is 17.1 Å². The van der Waals surface area contributed by atoms with E-state index in [1.54, 1.807) is 6.20 Å². The second-order valence-corrected chi connectivity index (χ2v) is 6.89. The number of hydrogen-bond acceptors (Lipinski definition) is 4. The minimum absolute atomic E-state index is 0.00809. The van der Waals surface area contributed by atoms with Crippen molar-refractivity contribution in [3.63, 3.8) is 0 Å². The van der Waals surface area contributed by atoms with Crippen LogP contribution in [0.15, 0.2) is 36.7 Å². The largest absolute Gasteiger partial charge is 0.373 e. The number of aromatic nitrogens is 1. The van der Waals surface area contributed by atoms with Crippen LogP contribution in [-0.2, 0) is 20.9 Å². The van der Waals surface area contributed by atoms with Crippen molar-refractivity contribution in [2.45, 2.75) is 50.5 Å². The monoisotopic (exact) mass is 328 g/mol. The first-order valence-corrected chi connectivity index (χ1v) is 8.90. The average molecular weight is 328 g/mol. The highest BCUT2D eigenvalue weighted by Gasteiger charge is 2.47. The summed E-state index contributed by atoms with van der Waals surface area (Å²) < 4.78 is 12.1. The minimum atomic E-state index is -0.0474. The van der Waals surface area contributed by atoms with Crippen LogP contribution in [0.3, 0.4) is 0 Å². The van der Waals surface area contributed by atoms with Crippen molar-refractivity contribution >= 4 is 5.91 Å². The summed E-state index contributed by atoms with van der Waals surface area (Å²) in [5, 5.41) is 0. The van der Waals surface area contributed by atoms with Crippen molar-refractivity contribution in [3.05, 3.63) is 42.2 Å². The van der Waals surface area contributed by atoms with Crippen LogP contribution in [0.4, 0.5) is 0 Å². The van der Waals surface area contributed by atoms with Crippen LogP contribution >= 0.6 is 0 Å². The predicted octanol–water partition coefficient (Wildman–Crippen LogP) is 2.32. The van der Waals surface area contributed by atoms with Gasteiger partial charge in [-0.2, -0.15) is 0 Å². The lowest BCUT2D eigenvalue weighted by Crippen LogP contribution is -2.45. The molecule has 0 unspecified atom stereocenters. The molecule has 0 spiro atoms. The first-order valence-electron chi connectivity index (χ1n) is 8.90. The highest BCUT2D eigenvalue weighted by molar-refractivity contribution is 5.80. The van der Waals surface area contributed by atoms with Crippen LogP contribution < -0.4 is 0 Å². The number of pyridine rings is 1. The first kappa shape index (κ1) is 15.8. The van der Waals surface area contributed by atoms with Gasteiger partial charge in [-0.1, -0.05) is 18.2 Å². The van der Waals surface area contributed by atoms with Gasteiger partial charge in [-0.25, -0.2) is 0 Å². The number of carbonyl (C=O) groups excluding carboxylic acids is 1. The van der Waals surface area contributed by atoms with E-state index in [0.717, 1.165) is 37.9 Å². The Labute approximate surface area is 142 Å². The Kier molecular flexibility index (Phi) is 4.63. The summed E-state index contributed by atoms with van der Waals surface area (Å²) in [5.41, 5.74) is 1.05. The lowest BCUT2D eigenvalue weighted by atomic mass is 10.0. The Morgan fingerprint density at radius 2 is 2.25 bits per heavy atom. The molecule has 3 atom stereocenters. The Hall–Kier alpha value is -1.72. The van der Waals surface area contributed by atoms with E-state index < -0.39 is 0 Å². The van der Waals surface area contributed by atoms with Gasteiger partial charge in [0, 0.05) is 31.5 Å². The maximum Gasteiger partial charge on any atom is 0.226 e. The van der Waals surface area contributed by atoms with E-state index >= 15 is 0 Å². The van der Waals surface area contributed by atoms with Crippen LogP contribution in [0.25, 0.3) is 0 Å². The molecule has 3 heterocycles. The molecule has 1 amide bonds. The van der Waals surface area contributed by atoms with Gasteiger partial charge in [-0.3, -0.25) is 9.78 Å². The molecule has 2 aliphatic heterocycles. The molecule has 5 nitrogen and oxygen atoms in total. The number of fused-ring (bicyclic) bond motifs is 1. The summed E-state index contributed by atoms with van der Waals surface area (Å²) >= 11 is 0. The zero-order valence-electron chi connectivity index (χ0n) is 13.8. The van der Waals surface area contributed by atoms with Gasteiger partial charge in [0.2, 0.25) is 5.91 Å². The van der Waals surface area contributed by atoms with Gasteiger partial charge in [0.15, 0.2) is 0 Å². The maximum absolute atomic E-state index is 12.9. The first-order chi connectivity index (χ1) is 11.8. The number of hydrogen-bond donors (Lipinski definition) is 0. The van der Waals surface area contributed by atoms with Gasteiger partial charge in [-0.05, 0) is 37.3 Å². The Bertz CT molecular complexity index is 596. The van der Waals surface area contributed by atoms with E-state index in [0.29, 0.717) is 13.2 Å². The minimum Gasteiger partial charge on any atom is -0.373 e. The van der Waals surface area contributed by atoms with Crippen LogP contribution in [0.5, 0.6) is 0 Å². The van der Waals surface area contributed by atoms with E-state index in [9.17, 15) is 4.79 Å². The highest BCUT2D eigenvalue weighted by Crippen LogP contribution is 2.33. The average Bonchev–Trinajstić information content (AvgIpc) is 3.29. The lowest BCUT2D eigenvalue weighted by Gasteiger charge is -2.33. The Morgan fingerprint density at radius 1 is 1.38 bits per heavy atom. The number of amides is 1. The molecule has 0 radical (unpaired) electrons. The fourth-order valence-corrected chi connectivity index (χ4v) is 4.05. The molecule has 128 valence electrons. The van der Waals surface area contributed by atoms with Gasteiger partial charge >= 0.3 is 0 Å². The maximum atomic E-state index is 12.9. The molecular formula is C19H24N2O3. The van der Waals surface area contributed by atoms with E-state index in [1.807, 2.05) is 23.2 Å². The molecule has 2 fully saturated rings. The molecule has 4 rings (SSSR count). The quantitative estimate of drug-likeness (QED) is 0.796. The highest BCUT2D eigenvalue weighted by atomic mass is 16.5. The molecule has 0 N–H and O–H groups in total. The molecule has 2 saturated heterocycles. The number of rotatable bonds is 4. The molecular weight excluding hydrogens is 304 g/mol. The summed E-state index contributed by atoms with van der Waals surface area (Å²) in [5.74, 6) is 0.387. The third-order valence-electron chi connectivity index (χ3n) is 5.30. The van der Waals surface area contributed by atoms with Gasteiger partial charge in [-0.15, -0.1) is 0 Å². The summed E-state index contributed by atoms with van der Waals surface area (Å²) in [7, 11) is 0. The number of allylic oxidation sites excluding steroid dienone is 2. The molecule has 5 heteroatoms. The molecule has 1 aliphatic carbocycles. The zero-order valence-corrected chi connectivity index (χ0v) is 13.8. The number of nitrogens with zero attached hydrogens (tertiary/aromatic N) is 2. The second-order valence-electron chi connectivity index (χ2n) is 6.89. The molecule has 1 aromatic heterocycles. The fraction of sp³-hybridized carbons (Fsp3) is 0.579. The van der Waals surface area contributed by atoms with Gasteiger partial charge in [0.05, 0.1) is 12.6 Å². The molecule has 1 aromatic rings. The number of likely N-dealkylation sites (tertiary alicyclic amines) is 1. The van der Waals surface area contributed by atoms with E-state index in [1.165, 1.54) is 0 Å². The smallest absolute Gasteiger partial charge is 0.226 e. The SMILES string of the molecule is O=C(C1CC=CC1)N1C[C@H](OCc2cccnc2)[C@H]2OCCC[C@H]21. The lowest BCUT2D eigenvalue weighted by molar-refractivity contribution is -0.138. The van der Waals surface area contributed by atoms with Crippen molar-refractivity contribution in [1.29, 1.82) is 0 Å². The van der Waals surface area contributed by atoms with Crippen molar-refractivity contribution in [2.24, 2.45) is 5.92 Å². The van der Waals surface area contributed by atoms with Crippen molar-refractivity contribution in [1.82, 2.24) is 9.88 Å². The summed E-state index contributed by atoms with van der Waals surface area (Å²) in [6.07, 6.45) is 11.5. The summed E-state index contributed by atoms with van der Waals surface area (Å²) in [6.45, 7) is 1.92. The third-order valence-corrected chi connectivity index (χ3v) is 5.30. The van der Waals surface area contributed by atoms with Gasteiger partial charge in [0.1, 0.15) is 12.2 Å². The third kappa shape index (κ3) is 3.10. The van der Waals surface area contributed by atoms with Crippen molar-refractivity contribution in [2.75, 3.05) is 13.2 Å². The molecule has 0 bridgehead atoms. The topological polar surface area (TPSA) is 51.7 Å². The van der Waals surface area contributed by atoms with Crippen molar-refractivity contribution in [3.8, 4) is 0 Å². The van der Waals surface area contributed by atoms with Crippen LogP contribution in [0.2, 0.25) is 0 Å².